The van der Waals surface area contributed by atoms with E-state index in [1.807, 2.05) is 6.92 Å². The minimum absolute atomic E-state index is 0.202. The summed E-state index contributed by atoms with van der Waals surface area (Å²) in [6.07, 6.45) is 6.95. The number of rotatable bonds is 7. The van der Waals surface area contributed by atoms with Crippen molar-refractivity contribution in [2.24, 2.45) is 0 Å². The van der Waals surface area contributed by atoms with Crippen LogP contribution in [0.2, 0.25) is 5.02 Å². The number of aromatic nitrogens is 6. The molecule has 0 spiro atoms. The number of nitrogens with zero attached hydrogens (tertiary/aromatic N) is 7. The number of carbonyl (C=O) groups is 1. The first kappa shape index (κ1) is 25.6. The lowest BCUT2D eigenvalue weighted by atomic mass is 10.0. The minimum Gasteiger partial charge on any atom is -0.338 e. The number of benzene rings is 1. The number of anilines is 2. The van der Waals surface area contributed by atoms with Crippen LogP contribution in [0.25, 0.3) is 11.3 Å². The lowest BCUT2D eigenvalue weighted by molar-refractivity contribution is 0.102. The van der Waals surface area contributed by atoms with E-state index in [9.17, 15) is 18.0 Å². The molecule has 5 rings (SSSR count). The maximum atomic E-state index is 14.7. The number of amides is 1. The van der Waals surface area contributed by atoms with Crippen molar-refractivity contribution in [1.82, 2.24) is 29.7 Å². The third-order valence-corrected chi connectivity index (χ3v) is 6.75. The Bertz CT molecular complexity index is 1480. The molecule has 1 aromatic carbocycles. The molecule has 1 N–H and O–H groups in total. The van der Waals surface area contributed by atoms with Gasteiger partial charge < -0.3 is 10.2 Å². The van der Waals surface area contributed by atoms with E-state index in [1.165, 1.54) is 6.20 Å². The molecule has 1 aliphatic heterocycles. The van der Waals surface area contributed by atoms with Crippen LogP contribution >= 0.6 is 11.6 Å². The molecular formula is C25H22ClF3N8O. The maximum Gasteiger partial charge on any atom is 0.275 e. The van der Waals surface area contributed by atoms with E-state index in [-0.39, 0.29) is 22.5 Å². The highest BCUT2D eigenvalue weighted by atomic mass is 35.5. The lowest BCUT2D eigenvalue weighted by Crippen LogP contribution is -2.46. The first-order valence-electron chi connectivity index (χ1n) is 11.8. The topological polar surface area (TPSA) is 102 Å². The van der Waals surface area contributed by atoms with Crippen molar-refractivity contribution in [1.29, 1.82) is 0 Å². The molecule has 1 aliphatic rings. The Kier molecular flexibility index (Phi) is 6.98. The zero-order valence-corrected chi connectivity index (χ0v) is 21.1. The predicted octanol–water partition coefficient (Wildman–Crippen LogP) is 5.32. The number of carbonyl (C=O) groups excluding carboxylic acids is 1. The number of nitrogens with one attached hydrogen (secondary N) is 1. The van der Waals surface area contributed by atoms with Crippen LogP contribution in [0.1, 0.15) is 54.4 Å². The van der Waals surface area contributed by atoms with Crippen molar-refractivity contribution in [3.8, 4) is 11.3 Å². The Labute approximate surface area is 220 Å². The molecule has 2 unspecified atom stereocenters. The van der Waals surface area contributed by atoms with Crippen LogP contribution < -0.4 is 10.2 Å². The van der Waals surface area contributed by atoms with Crippen molar-refractivity contribution in [3.63, 3.8) is 0 Å². The van der Waals surface area contributed by atoms with E-state index in [2.05, 4.69) is 42.2 Å². The summed E-state index contributed by atoms with van der Waals surface area (Å²) in [6, 6.07) is 2.26. The Morgan fingerprint density at radius 3 is 2.58 bits per heavy atom. The van der Waals surface area contributed by atoms with Gasteiger partial charge in [-0.25, -0.2) is 28.1 Å². The summed E-state index contributed by atoms with van der Waals surface area (Å²) >= 11 is 5.79. The van der Waals surface area contributed by atoms with E-state index in [4.69, 9.17) is 11.6 Å². The largest absolute Gasteiger partial charge is 0.338 e. The highest BCUT2D eigenvalue weighted by Gasteiger charge is 2.26. The Hall–Kier alpha value is -4.06. The van der Waals surface area contributed by atoms with Gasteiger partial charge in [0.25, 0.3) is 12.3 Å². The molecule has 0 aliphatic carbocycles. The molecule has 9 nitrogen and oxygen atoms in total. The number of halogens is 4. The fourth-order valence-electron chi connectivity index (χ4n) is 4.07. The van der Waals surface area contributed by atoms with Crippen LogP contribution in [0, 0.1) is 5.82 Å². The van der Waals surface area contributed by atoms with Crippen molar-refractivity contribution in [2.75, 3.05) is 16.8 Å². The molecular weight excluding hydrogens is 521 g/mol. The van der Waals surface area contributed by atoms with Crippen LogP contribution in [0.3, 0.4) is 0 Å². The van der Waals surface area contributed by atoms with Crippen molar-refractivity contribution in [3.05, 3.63) is 77.0 Å². The SMILES string of the molecule is CC1CCN1c1ncc(C(C)n2cc(NC(=O)c3cncc(-c4c(C(F)F)ccc(Cl)c4F)n3)cn2)cn1. The maximum absolute atomic E-state index is 14.7. The number of hydrogen-bond acceptors (Lipinski definition) is 7. The van der Waals surface area contributed by atoms with E-state index in [0.29, 0.717) is 17.7 Å². The second-order valence-corrected chi connectivity index (χ2v) is 9.31. The monoisotopic (exact) mass is 542 g/mol. The molecule has 4 heterocycles. The fraction of sp³-hybridized carbons (Fsp3) is 0.280. The zero-order valence-electron chi connectivity index (χ0n) is 20.3. The summed E-state index contributed by atoms with van der Waals surface area (Å²) in [5, 5.41) is 6.60. The van der Waals surface area contributed by atoms with Gasteiger partial charge in [-0.1, -0.05) is 17.7 Å². The Morgan fingerprint density at radius 2 is 1.92 bits per heavy atom. The molecule has 3 aromatic heterocycles. The first-order chi connectivity index (χ1) is 18.2. The van der Waals surface area contributed by atoms with Gasteiger partial charge in [0.15, 0.2) is 5.82 Å². The smallest absolute Gasteiger partial charge is 0.275 e. The van der Waals surface area contributed by atoms with Gasteiger partial charge in [0.1, 0.15) is 5.69 Å². The molecule has 1 fully saturated rings. The van der Waals surface area contributed by atoms with Gasteiger partial charge in [0, 0.05) is 47.9 Å². The number of hydrogen-bond donors (Lipinski definition) is 1. The summed E-state index contributed by atoms with van der Waals surface area (Å²) < 4.78 is 43.3. The predicted molar refractivity (Wildman–Crippen MR) is 135 cm³/mol. The second kappa shape index (κ2) is 10.4. The van der Waals surface area contributed by atoms with Gasteiger partial charge in [0.05, 0.1) is 41.0 Å². The van der Waals surface area contributed by atoms with E-state index >= 15 is 0 Å². The fourth-order valence-corrected chi connectivity index (χ4v) is 4.23. The molecule has 4 aromatic rings. The molecule has 0 radical (unpaired) electrons. The van der Waals surface area contributed by atoms with Gasteiger partial charge in [-0.05, 0) is 26.3 Å². The molecule has 196 valence electrons. The van der Waals surface area contributed by atoms with Crippen molar-refractivity contribution in [2.45, 2.75) is 38.8 Å². The average molecular weight is 543 g/mol. The Balaban J connectivity index is 1.32. The molecule has 1 amide bonds. The Morgan fingerprint density at radius 1 is 1.16 bits per heavy atom. The summed E-state index contributed by atoms with van der Waals surface area (Å²) in [5.41, 5.74) is -0.359. The second-order valence-electron chi connectivity index (χ2n) is 8.90. The molecule has 13 heteroatoms. The molecule has 0 saturated carbocycles. The third-order valence-electron chi connectivity index (χ3n) is 6.46. The van der Waals surface area contributed by atoms with Crippen LogP contribution in [0.5, 0.6) is 0 Å². The zero-order chi connectivity index (χ0) is 27.0. The summed E-state index contributed by atoms with van der Waals surface area (Å²) in [7, 11) is 0. The normalized spacial score (nSPS) is 15.9. The molecule has 1 saturated heterocycles. The van der Waals surface area contributed by atoms with Crippen molar-refractivity contribution >= 4 is 29.1 Å². The summed E-state index contributed by atoms with van der Waals surface area (Å²) in [5.74, 6) is -1.05. The highest BCUT2D eigenvalue weighted by molar-refractivity contribution is 6.31. The van der Waals surface area contributed by atoms with Gasteiger partial charge in [-0.3, -0.25) is 14.5 Å². The molecule has 2 atom stereocenters. The van der Waals surface area contributed by atoms with Gasteiger partial charge >= 0.3 is 0 Å². The summed E-state index contributed by atoms with van der Waals surface area (Å²) in [4.78, 5) is 31.8. The molecule has 38 heavy (non-hydrogen) atoms. The van der Waals surface area contributed by atoms with Gasteiger partial charge in [-0.2, -0.15) is 5.10 Å². The number of alkyl halides is 2. The minimum atomic E-state index is -2.98. The van der Waals surface area contributed by atoms with Crippen molar-refractivity contribution < 1.29 is 18.0 Å². The van der Waals surface area contributed by atoms with Gasteiger partial charge in [0.2, 0.25) is 5.95 Å². The van der Waals surface area contributed by atoms with Crippen LogP contribution in [-0.4, -0.2) is 48.2 Å². The quantitative estimate of drug-likeness (QED) is 0.337. The highest BCUT2D eigenvalue weighted by Crippen LogP contribution is 2.35. The van der Waals surface area contributed by atoms with E-state index in [1.54, 1.807) is 23.3 Å². The third kappa shape index (κ3) is 4.91. The molecule has 0 bridgehead atoms. The summed E-state index contributed by atoms with van der Waals surface area (Å²) in [6.45, 7) is 4.98. The van der Waals surface area contributed by atoms with E-state index in [0.717, 1.165) is 43.1 Å². The first-order valence-corrected chi connectivity index (χ1v) is 12.1. The average Bonchev–Trinajstić information content (AvgIpc) is 3.37. The van der Waals surface area contributed by atoms with Crippen LogP contribution in [0.15, 0.2) is 49.3 Å². The van der Waals surface area contributed by atoms with Crippen LogP contribution in [0.4, 0.5) is 24.8 Å². The van der Waals surface area contributed by atoms with Crippen LogP contribution in [-0.2, 0) is 0 Å². The van der Waals surface area contributed by atoms with Gasteiger partial charge in [-0.15, -0.1) is 0 Å². The standard InChI is InChI=1S/C25H22ClF3N8O/c1-13-5-6-36(13)25-31-7-15(8-32-25)14(2)37-12-16(9-33-37)34-24(38)20-11-30-10-19(35-20)21-17(23(28)29)3-4-18(26)22(21)27/h3-4,7-14,23H,5-6H2,1-2H3,(H,34,38). The lowest BCUT2D eigenvalue weighted by Gasteiger charge is -2.38. The van der Waals surface area contributed by atoms with E-state index < -0.39 is 29.3 Å².